The van der Waals surface area contributed by atoms with E-state index in [4.69, 9.17) is 14.2 Å². The van der Waals surface area contributed by atoms with Crippen molar-refractivity contribution in [2.24, 2.45) is 0 Å². The lowest BCUT2D eigenvalue weighted by atomic mass is 9.99. The van der Waals surface area contributed by atoms with Crippen LogP contribution in [0.5, 0.6) is 0 Å². The molecular weight excluding hydrogens is 967 g/mol. The fourth-order valence-corrected chi connectivity index (χ4v) is 10.1. The average Bonchev–Trinajstić information content (AvgIpc) is 3.43. The Morgan fingerprint density at radius 1 is 0.494 bits per heavy atom. The topological polar surface area (TPSA) is 175 Å². The summed E-state index contributed by atoms with van der Waals surface area (Å²) in [6.45, 7) is 4.10. The minimum absolute atomic E-state index is 0.000791. The van der Waals surface area contributed by atoms with Crippen LogP contribution in [0.4, 0.5) is 0 Å². The summed E-state index contributed by atoms with van der Waals surface area (Å²) >= 11 is 0. The summed E-state index contributed by atoms with van der Waals surface area (Å²) < 4.78 is 16.7. The number of aliphatic hydroxyl groups is 5. The van der Waals surface area contributed by atoms with Gasteiger partial charge in [0, 0.05) is 12.8 Å². The molecule has 1 rings (SSSR count). The largest absolute Gasteiger partial charge is 0.466 e. The Labute approximate surface area is 472 Å². The number of carbonyl (C=O) groups excluding carboxylic acids is 2. The number of allylic oxidation sites excluding steroid dienone is 7. The Bertz CT molecular complexity index is 1420. The van der Waals surface area contributed by atoms with Gasteiger partial charge in [-0.3, -0.25) is 9.59 Å². The van der Waals surface area contributed by atoms with Crippen LogP contribution < -0.4 is 5.32 Å². The Kier molecular flexibility index (Phi) is 52.4. The van der Waals surface area contributed by atoms with E-state index in [2.05, 4.69) is 42.6 Å². The van der Waals surface area contributed by atoms with E-state index < -0.39 is 49.5 Å². The number of hydrogen-bond donors (Lipinski definition) is 6. The highest BCUT2D eigenvalue weighted by Crippen LogP contribution is 2.23. The molecule has 77 heavy (non-hydrogen) atoms. The van der Waals surface area contributed by atoms with Crippen molar-refractivity contribution in [3.8, 4) is 0 Å². The molecule has 0 aromatic carbocycles. The van der Waals surface area contributed by atoms with Gasteiger partial charge >= 0.3 is 5.97 Å². The fourth-order valence-electron chi connectivity index (χ4n) is 10.1. The molecule has 1 saturated heterocycles. The molecular formula is C66H121NO10. The van der Waals surface area contributed by atoms with Gasteiger partial charge in [0.2, 0.25) is 5.91 Å². The van der Waals surface area contributed by atoms with E-state index in [9.17, 15) is 35.1 Å². The lowest BCUT2D eigenvalue weighted by Gasteiger charge is -2.40. The van der Waals surface area contributed by atoms with Gasteiger partial charge in [0.15, 0.2) is 6.29 Å². The molecule has 0 radical (unpaired) electrons. The van der Waals surface area contributed by atoms with Crippen molar-refractivity contribution in [3.63, 3.8) is 0 Å². The van der Waals surface area contributed by atoms with Crippen molar-refractivity contribution in [1.82, 2.24) is 5.32 Å². The maximum Gasteiger partial charge on any atom is 0.305 e. The molecule has 11 heteroatoms. The van der Waals surface area contributed by atoms with Crippen LogP contribution in [0.2, 0.25) is 0 Å². The molecule has 6 N–H and O–H groups in total. The summed E-state index contributed by atoms with van der Waals surface area (Å²) in [5.41, 5.74) is 0. The molecule has 0 spiro atoms. The summed E-state index contributed by atoms with van der Waals surface area (Å²) in [6.07, 6.45) is 61.2. The van der Waals surface area contributed by atoms with Gasteiger partial charge in [-0.25, -0.2) is 0 Å². The molecule has 0 aromatic rings. The molecule has 1 fully saturated rings. The summed E-state index contributed by atoms with van der Waals surface area (Å²) in [5.74, 6) is -0.206. The molecule has 0 saturated carbocycles. The third kappa shape index (κ3) is 45.0. The predicted octanol–water partition coefficient (Wildman–Crippen LogP) is 15.6. The highest BCUT2D eigenvalue weighted by Gasteiger charge is 2.44. The lowest BCUT2D eigenvalue weighted by molar-refractivity contribution is -0.302. The van der Waals surface area contributed by atoms with E-state index in [-0.39, 0.29) is 18.5 Å². The monoisotopic (exact) mass is 1090 g/mol. The number of unbranched alkanes of at least 4 members (excludes halogenated alkanes) is 37. The van der Waals surface area contributed by atoms with Gasteiger partial charge < -0.3 is 45.1 Å². The molecule has 1 amide bonds. The Balaban J connectivity index is 1.97. The Hall–Kier alpha value is -2.38. The number of amides is 1. The zero-order valence-corrected chi connectivity index (χ0v) is 49.7. The number of nitrogens with one attached hydrogen (secondary N) is 1. The summed E-state index contributed by atoms with van der Waals surface area (Å²) in [6, 6.07) is -0.839. The van der Waals surface area contributed by atoms with Crippen LogP contribution in [-0.2, 0) is 23.8 Å². The van der Waals surface area contributed by atoms with E-state index in [1.165, 1.54) is 186 Å². The second-order valence-corrected chi connectivity index (χ2v) is 22.5. The molecule has 0 aliphatic carbocycles. The average molecular weight is 1090 g/mol. The minimum atomic E-state index is -1.58. The molecule has 1 aliphatic rings. The van der Waals surface area contributed by atoms with E-state index in [1.54, 1.807) is 6.08 Å². The second-order valence-electron chi connectivity index (χ2n) is 22.5. The van der Waals surface area contributed by atoms with E-state index >= 15 is 0 Å². The van der Waals surface area contributed by atoms with Crippen LogP contribution in [0.3, 0.4) is 0 Å². The number of rotatable bonds is 56. The zero-order valence-electron chi connectivity index (χ0n) is 49.7. The predicted molar refractivity (Wildman–Crippen MR) is 320 cm³/mol. The van der Waals surface area contributed by atoms with Crippen LogP contribution in [0.25, 0.3) is 0 Å². The van der Waals surface area contributed by atoms with E-state index in [0.717, 1.165) is 83.5 Å². The summed E-state index contributed by atoms with van der Waals surface area (Å²) in [4.78, 5) is 25.1. The SMILES string of the molecule is C/C=C/CC/C=C/CC/C=C/C(O)C(COC1OC(CO)C(O)C(O)C1O)NC(=O)CCCCCCCCC/C=C\CCCCCCCCCCCCCOC(=O)CCCCCCCCCCCCCCCCCCCC. The molecule has 0 aromatic heterocycles. The van der Waals surface area contributed by atoms with Gasteiger partial charge in [-0.1, -0.05) is 255 Å². The molecule has 0 bridgehead atoms. The van der Waals surface area contributed by atoms with Crippen molar-refractivity contribution < 1.29 is 49.3 Å². The lowest BCUT2D eigenvalue weighted by Crippen LogP contribution is -2.60. The van der Waals surface area contributed by atoms with Gasteiger partial charge in [0.05, 0.1) is 32.0 Å². The fraction of sp³-hybridized carbons (Fsp3) is 0.848. The van der Waals surface area contributed by atoms with Crippen LogP contribution in [-0.4, -0.2) is 100 Å². The van der Waals surface area contributed by atoms with E-state index in [0.29, 0.717) is 19.4 Å². The van der Waals surface area contributed by atoms with Crippen LogP contribution in [0.15, 0.2) is 48.6 Å². The zero-order chi connectivity index (χ0) is 55.9. The van der Waals surface area contributed by atoms with Crippen molar-refractivity contribution in [2.45, 2.75) is 339 Å². The molecule has 1 heterocycles. The number of carbonyl (C=O) groups is 2. The van der Waals surface area contributed by atoms with Crippen molar-refractivity contribution >= 4 is 11.9 Å². The summed E-state index contributed by atoms with van der Waals surface area (Å²) in [5, 5.41) is 54.2. The van der Waals surface area contributed by atoms with Crippen LogP contribution >= 0.6 is 0 Å². The quantitative estimate of drug-likeness (QED) is 0.0195. The number of hydrogen-bond acceptors (Lipinski definition) is 10. The van der Waals surface area contributed by atoms with Gasteiger partial charge in [-0.05, 0) is 77.6 Å². The van der Waals surface area contributed by atoms with Gasteiger partial charge in [0.1, 0.15) is 24.4 Å². The first-order valence-electron chi connectivity index (χ1n) is 32.4. The number of ether oxygens (including phenoxy) is 3. The highest BCUT2D eigenvalue weighted by molar-refractivity contribution is 5.76. The van der Waals surface area contributed by atoms with Crippen molar-refractivity contribution in [3.05, 3.63) is 48.6 Å². The van der Waals surface area contributed by atoms with Gasteiger partial charge in [-0.2, -0.15) is 0 Å². The maximum atomic E-state index is 13.0. The first kappa shape index (κ1) is 72.6. The summed E-state index contributed by atoms with van der Waals surface area (Å²) in [7, 11) is 0. The molecule has 450 valence electrons. The van der Waals surface area contributed by atoms with Crippen molar-refractivity contribution in [1.29, 1.82) is 0 Å². The molecule has 7 atom stereocenters. The van der Waals surface area contributed by atoms with Crippen LogP contribution in [0.1, 0.15) is 296 Å². The van der Waals surface area contributed by atoms with Gasteiger partial charge in [0.25, 0.3) is 0 Å². The first-order valence-corrected chi connectivity index (χ1v) is 32.4. The smallest absolute Gasteiger partial charge is 0.305 e. The molecule has 1 aliphatic heterocycles. The molecule has 11 nitrogen and oxygen atoms in total. The number of aliphatic hydroxyl groups excluding tert-OH is 5. The first-order chi connectivity index (χ1) is 37.7. The minimum Gasteiger partial charge on any atom is -0.466 e. The molecule has 7 unspecified atom stereocenters. The van der Waals surface area contributed by atoms with E-state index in [1.807, 2.05) is 19.1 Å². The second kappa shape index (κ2) is 55.5. The maximum absolute atomic E-state index is 13.0. The standard InChI is InChI=1S/C66H121NO10/c1-3-5-7-9-11-13-14-15-16-17-25-28-31-34-38-42-46-50-54-62(71)75-55-51-47-43-39-35-32-29-26-23-21-19-18-20-22-24-27-30-33-37-41-45-49-53-61(70)67-58(59(69)52-48-44-40-36-12-10-8-6-4-2)57-76-66-65(74)64(73)63(72)60(56-68)77-66/h4,6,12,20,22,36,48,52,58-60,63-66,68-69,72-74H,3,5,7-11,13-19,21,23-35,37-47,49-51,53-57H2,1-2H3,(H,67,70)/b6-4+,22-20-,36-12+,52-48+. The number of esters is 1. The van der Waals surface area contributed by atoms with Crippen LogP contribution in [0, 0.1) is 0 Å². The third-order valence-electron chi connectivity index (χ3n) is 15.2. The highest BCUT2D eigenvalue weighted by atomic mass is 16.7. The van der Waals surface area contributed by atoms with Gasteiger partial charge in [-0.15, -0.1) is 0 Å². The Morgan fingerprint density at radius 3 is 1.36 bits per heavy atom. The van der Waals surface area contributed by atoms with Crippen molar-refractivity contribution in [2.75, 3.05) is 19.8 Å². The third-order valence-corrected chi connectivity index (χ3v) is 15.2. The Morgan fingerprint density at radius 2 is 0.896 bits per heavy atom. The normalized spacial score (nSPS) is 18.9.